The predicted octanol–water partition coefficient (Wildman–Crippen LogP) is 2.42. The molecule has 17 heavy (non-hydrogen) atoms. The Hall–Kier alpha value is -2.29. The molecule has 1 N–H and O–H groups in total. The summed E-state index contributed by atoms with van der Waals surface area (Å²) in [6, 6.07) is 4.40. The molecule has 0 spiro atoms. The number of halogens is 3. The van der Waals surface area contributed by atoms with Gasteiger partial charge in [-0.05, 0) is 18.2 Å². The van der Waals surface area contributed by atoms with Gasteiger partial charge in [0.15, 0.2) is 0 Å². The minimum atomic E-state index is -4.46. The first-order valence-corrected chi connectivity index (χ1v) is 4.56. The molecule has 0 aliphatic carbocycles. The molecule has 2 rings (SSSR count). The Morgan fingerprint density at radius 2 is 2.00 bits per heavy atom. The average Bonchev–Trinajstić information content (AvgIpc) is 2.28. The Morgan fingerprint density at radius 1 is 1.29 bits per heavy atom. The fourth-order valence-electron chi connectivity index (χ4n) is 1.48. The number of aromatic nitrogens is 1. The molecule has 0 radical (unpaired) electrons. The smallest absolute Gasteiger partial charge is 0.360 e. The maximum absolute atomic E-state index is 12.4. The normalized spacial score (nSPS) is 11.4. The number of nitriles is 1. The Morgan fingerprint density at radius 3 is 2.59 bits per heavy atom. The second-order valence-corrected chi connectivity index (χ2v) is 3.40. The lowest BCUT2D eigenvalue weighted by molar-refractivity contribution is -0.137. The SMILES string of the molecule is N#Cc1c[nH]c2cc(C(F)(F)F)ccc2c1=O. The van der Waals surface area contributed by atoms with Gasteiger partial charge in [0.1, 0.15) is 11.6 Å². The van der Waals surface area contributed by atoms with Crippen LogP contribution in [0.5, 0.6) is 0 Å². The summed E-state index contributed by atoms with van der Waals surface area (Å²) < 4.78 is 37.3. The van der Waals surface area contributed by atoms with Crippen LogP contribution in [0.15, 0.2) is 29.2 Å². The lowest BCUT2D eigenvalue weighted by Crippen LogP contribution is -2.09. The molecule has 0 unspecified atom stereocenters. The van der Waals surface area contributed by atoms with Crippen LogP contribution in [0.2, 0.25) is 0 Å². The molecule has 1 aromatic heterocycles. The van der Waals surface area contributed by atoms with Crippen molar-refractivity contribution < 1.29 is 13.2 Å². The summed E-state index contributed by atoms with van der Waals surface area (Å²) in [6.45, 7) is 0. The van der Waals surface area contributed by atoms with E-state index in [1.165, 1.54) is 0 Å². The van der Waals surface area contributed by atoms with E-state index in [1.807, 2.05) is 0 Å². The number of rotatable bonds is 0. The van der Waals surface area contributed by atoms with E-state index in [4.69, 9.17) is 5.26 Å². The van der Waals surface area contributed by atoms with Crippen molar-refractivity contribution in [3.05, 3.63) is 45.7 Å². The summed E-state index contributed by atoms with van der Waals surface area (Å²) in [5, 5.41) is 8.68. The lowest BCUT2D eigenvalue weighted by Gasteiger charge is -2.07. The molecule has 2 aromatic rings. The largest absolute Gasteiger partial charge is 0.416 e. The van der Waals surface area contributed by atoms with E-state index >= 15 is 0 Å². The molecule has 0 saturated carbocycles. The van der Waals surface area contributed by atoms with Crippen LogP contribution in [0.25, 0.3) is 10.9 Å². The number of hydrogen-bond acceptors (Lipinski definition) is 2. The zero-order chi connectivity index (χ0) is 12.6. The van der Waals surface area contributed by atoms with Gasteiger partial charge in [-0.25, -0.2) is 0 Å². The molecule has 1 heterocycles. The van der Waals surface area contributed by atoms with Gasteiger partial charge in [0.05, 0.1) is 5.56 Å². The van der Waals surface area contributed by atoms with Gasteiger partial charge in [-0.15, -0.1) is 0 Å². The van der Waals surface area contributed by atoms with Gasteiger partial charge >= 0.3 is 6.18 Å². The molecule has 0 aliphatic heterocycles. The van der Waals surface area contributed by atoms with Crippen molar-refractivity contribution in [2.24, 2.45) is 0 Å². The number of nitrogens with one attached hydrogen (secondary N) is 1. The van der Waals surface area contributed by atoms with E-state index in [1.54, 1.807) is 6.07 Å². The number of fused-ring (bicyclic) bond motifs is 1. The van der Waals surface area contributed by atoms with Gasteiger partial charge in [0, 0.05) is 17.1 Å². The minimum Gasteiger partial charge on any atom is -0.360 e. The Bertz CT molecular complexity index is 680. The summed E-state index contributed by atoms with van der Waals surface area (Å²) in [4.78, 5) is 14.1. The number of alkyl halides is 3. The fourth-order valence-corrected chi connectivity index (χ4v) is 1.48. The van der Waals surface area contributed by atoms with Crippen molar-refractivity contribution in [3.8, 4) is 6.07 Å². The molecule has 0 atom stereocenters. The third kappa shape index (κ3) is 1.87. The van der Waals surface area contributed by atoms with Crippen LogP contribution in [0.4, 0.5) is 13.2 Å². The molecule has 0 aliphatic rings. The van der Waals surface area contributed by atoms with Gasteiger partial charge in [0.25, 0.3) is 0 Å². The van der Waals surface area contributed by atoms with Crippen molar-refractivity contribution >= 4 is 10.9 Å². The first kappa shape index (κ1) is 11.2. The first-order chi connectivity index (χ1) is 7.93. The summed E-state index contributed by atoms with van der Waals surface area (Å²) in [5.41, 5.74) is -1.48. The van der Waals surface area contributed by atoms with E-state index < -0.39 is 17.2 Å². The standard InChI is InChI=1S/C11H5F3N2O/c12-11(13,14)7-1-2-8-9(3-7)16-5-6(4-15)10(8)17/h1-3,5H,(H,16,17). The van der Waals surface area contributed by atoms with Gasteiger partial charge in [-0.3, -0.25) is 4.79 Å². The number of aromatic amines is 1. The Balaban J connectivity index is 2.76. The molecular formula is C11H5F3N2O. The molecule has 0 bridgehead atoms. The molecule has 0 fully saturated rings. The zero-order valence-corrected chi connectivity index (χ0v) is 8.30. The topological polar surface area (TPSA) is 56.6 Å². The van der Waals surface area contributed by atoms with E-state index in [9.17, 15) is 18.0 Å². The summed E-state index contributed by atoms with van der Waals surface area (Å²) >= 11 is 0. The van der Waals surface area contributed by atoms with Gasteiger partial charge in [0.2, 0.25) is 5.43 Å². The van der Waals surface area contributed by atoms with Crippen LogP contribution in [0.3, 0.4) is 0 Å². The minimum absolute atomic E-state index is 0.0591. The molecular weight excluding hydrogens is 233 g/mol. The summed E-state index contributed by atoms with van der Waals surface area (Å²) in [5.74, 6) is 0. The van der Waals surface area contributed by atoms with Gasteiger partial charge < -0.3 is 4.98 Å². The van der Waals surface area contributed by atoms with Crippen molar-refractivity contribution in [2.75, 3.05) is 0 Å². The van der Waals surface area contributed by atoms with E-state index in [2.05, 4.69) is 4.98 Å². The third-order valence-electron chi connectivity index (χ3n) is 2.33. The summed E-state index contributed by atoms with van der Waals surface area (Å²) in [6.07, 6.45) is -3.36. The van der Waals surface area contributed by atoms with Crippen LogP contribution in [0, 0.1) is 11.3 Å². The molecule has 0 saturated heterocycles. The van der Waals surface area contributed by atoms with E-state index in [0.29, 0.717) is 0 Å². The second kappa shape index (κ2) is 3.63. The Kier molecular flexibility index (Phi) is 2.39. The highest BCUT2D eigenvalue weighted by Gasteiger charge is 2.30. The maximum Gasteiger partial charge on any atom is 0.416 e. The highest BCUT2D eigenvalue weighted by molar-refractivity contribution is 5.80. The first-order valence-electron chi connectivity index (χ1n) is 4.56. The van der Waals surface area contributed by atoms with Gasteiger partial charge in [-0.1, -0.05) is 0 Å². The van der Waals surface area contributed by atoms with Crippen molar-refractivity contribution in [2.45, 2.75) is 6.18 Å². The molecule has 6 heteroatoms. The third-order valence-corrected chi connectivity index (χ3v) is 2.33. The van der Waals surface area contributed by atoms with Crippen LogP contribution in [0.1, 0.15) is 11.1 Å². The van der Waals surface area contributed by atoms with Crippen LogP contribution < -0.4 is 5.43 Å². The molecule has 3 nitrogen and oxygen atoms in total. The Labute approximate surface area is 93.1 Å². The summed E-state index contributed by atoms with van der Waals surface area (Å²) in [7, 11) is 0. The fraction of sp³-hybridized carbons (Fsp3) is 0.0909. The average molecular weight is 238 g/mol. The van der Waals surface area contributed by atoms with Gasteiger partial charge in [-0.2, -0.15) is 18.4 Å². The second-order valence-electron chi connectivity index (χ2n) is 3.40. The number of hydrogen-bond donors (Lipinski definition) is 1. The predicted molar refractivity (Wildman–Crippen MR) is 54.3 cm³/mol. The van der Waals surface area contributed by atoms with E-state index in [-0.39, 0.29) is 16.5 Å². The maximum atomic E-state index is 12.4. The number of H-pyrrole nitrogens is 1. The van der Waals surface area contributed by atoms with Crippen molar-refractivity contribution in [1.82, 2.24) is 4.98 Å². The zero-order valence-electron chi connectivity index (χ0n) is 8.30. The van der Waals surface area contributed by atoms with Crippen LogP contribution >= 0.6 is 0 Å². The number of nitrogens with zero attached hydrogens (tertiary/aromatic N) is 1. The molecule has 86 valence electrons. The lowest BCUT2D eigenvalue weighted by atomic mass is 10.1. The number of pyridine rings is 1. The van der Waals surface area contributed by atoms with Crippen molar-refractivity contribution in [1.29, 1.82) is 5.26 Å². The monoisotopic (exact) mass is 238 g/mol. The highest BCUT2D eigenvalue weighted by Crippen LogP contribution is 2.30. The van der Waals surface area contributed by atoms with Crippen LogP contribution in [-0.4, -0.2) is 4.98 Å². The van der Waals surface area contributed by atoms with E-state index in [0.717, 1.165) is 24.4 Å². The quantitative estimate of drug-likeness (QED) is 0.766. The number of benzene rings is 1. The van der Waals surface area contributed by atoms with Crippen molar-refractivity contribution in [3.63, 3.8) is 0 Å². The molecule has 1 aromatic carbocycles. The van der Waals surface area contributed by atoms with Crippen LogP contribution in [-0.2, 0) is 6.18 Å². The highest BCUT2D eigenvalue weighted by atomic mass is 19.4. The molecule has 0 amide bonds.